The van der Waals surface area contributed by atoms with E-state index >= 15 is 0 Å². The van der Waals surface area contributed by atoms with E-state index < -0.39 is 6.04 Å². The van der Waals surface area contributed by atoms with Gasteiger partial charge in [-0.1, -0.05) is 20.8 Å². The summed E-state index contributed by atoms with van der Waals surface area (Å²) < 4.78 is 5.14. The number of hydrogen-bond donors (Lipinski definition) is 2. The molecule has 1 aliphatic heterocycles. The van der Waals surface area contributed by atoms with E-state index in [-0.39, 0.29) is 29.7 Å². The van der Waals surface area contributed by atoms with Crippen LogP contribution in [0.1, 0.15) is 63.7 Å². The lowest BCUT2D eigenvalue weighted by atomic mass is 9.88. The Morgan fingerprint density at radius 2 is 1.68 bits per heavy atom. The minimum absolute atomic E-state index is 0.0191. The number of benzene rings is 1. The second kappa shape index (κ2) is 11.7. The first-order valence-corrected chi connectivity index (χ1v) is 11.3. The van der Waals surface area contributed by atoms with Crippen molar-refractivity contribution in [3.05, 3.63) is 29.8 Å². The molecular weight excluding hydrogens is 394 g/mol. The number of amides is 3. The Balaban J connectivity index is 2.09. The van der Waals surface area contributed by atoms with Crippen LogP contribution in [0.4, 0.5) is 0 Å². The number of nitrogens with one attached hydrogen (secondary N) is 2. The Labute approximate surface area is 185 Å². The first-order valence-electron chi connectivity index (χ1n) is 11.3. The van der Waals surface area contributed by atoms with Crippen LogP contribution in [0.25, 0.3) is 0 Å². The maximum Gasteiger partial charge on any atom is 0.251 e. The van der Waals surface area contributed by atoms with E-state index in [1.54, 1.807) is 31.4 Å². The minimum atomic E-state index is -0.633. The van der Waals surface area contributed by atoms with Crippen LogP contribution in [0.15, 0.2) is 24.3 Å². The quantitative estimate of drug-likeness (QED) is 0.629. The highest BCUT2D eigenvalue weighted by atomic mass is 16.5. The SMILES string of the molecule is CC[C@@H](C)NC(=O)[C@H](NC(=O)c1ccc(OC)cc1)C1CCN(C(=O)CC(C)C)CC1. The van der Waals surface area contributed by atoms with E-state index in [0.29, 0.717) is 49.6 Å². The fraction of sp³-hybridized carbons (Fsp3) is 0.625. The molecule has 2 atom stereocenters. The molecule has 172 valence electrons. The fourth-order valence-electron chi connectivity index (χ4n) is 3.76. The van der Waals surface area contributed by atoms with E-state index in [1.165, 1.54) is 0 Å². The van der Waals surface area contributed by atoms with Crippen molar-refractivity contribution in [1.82, 2.24) is 15.5 Å². The molecule has 1 saturated heterocycles. The van der Waals surface area contributed by atoms with E-state index in [4.69, 9.17) is 4.74 Å². The van der Waals surface area contributed by atoms with E-state index in [0.717, 1.165) is 6.42 Å². The summed E-state index contributed by atoms with van der Waals surface area (Å²) in [5.41, 5.74) is 0.478. The lowest BCUT2D eigenvalue weighted by Gasteiger charge is -2.36. The zero-order valence-corrected chi connectivity index (χ0v) is 19.4. The van der Waals surface area contributed by atoms with Crippen LogP contribution < -0.4 is 15.4 Å². The third-order valence-electron chi connectivity index (χ3n) is 5.87. The van der Waals surface area contributed by atoms with Gasteiger partial charge in [-0.15, -0.1) is 0 Å². The number of carbonyl (C=O) groups is 3. The molecular formula is C24H37N3O4. The van der Waals surface area contributed by atoms with E-state index in [1.807, 2.05) is 32.6 Å². The van der Waals surface area contributed by atoms with Gasteiger partial charge in [-0.2, -0.15) is 0 Å². The average Bonchev–Trinajstić information content (AvgIpc) is 2.76. The Morgan fingerprint density at radius 1 is 1.06 bits per heavy atom. The first kappa shape index (κ1) is 24.7. The van der Waals surface area contributed by atoms with Crippen LogP contribution >= 0.6 is 0 Å². The molecule has 3 amide bonds. The largest absolute Gasteiger partial charge is 0.497 e. The van der Waals surface area contributed by atoms with Crippen molar-refractivity contribution in [3.8, 4) is 5.75 Å². The third kappa shape index (κ3) is 7.26. The maximum absolute atomic E-state index is 13.0. The van der Waals surface area contributed by atoms with Crippen LogP contribution in [0.3, 0.4) is 0 Å². The van der Waals surface area contributed by atoms with Gasteiger partial charge in [-0.25, -0.2) is 0 Å². The second-order valence-electron chi connectivity index (χ2n) is 8.81. The highest BCUT2D eigenvalue weighted by molar-refractivity contribution is 5.97. The average molecular weight is 432 g/mol. The molecule has 7 heteroatoms. The van der Waals surface area contributed by atoms with Gasteiger partial charge in [0.05, 0.1) is 7.11 Å². The van der Waals surface area contributed by atoms with Crippen molar-refractivity contribution in [2.24, 2.45) is 11.8 Å². The molecule has 31 heavy (non-hydrogen) atoms. The number of carbonyl (C=O) groups excluding carboxylic acids is 3. The van der Waals surface area contributed by atoms with Crippen LogP contribution in [-0.2, 0) is 9.59 Å². The second-order valence-corrected chi connectivity index (χ2v) is 8.81. The number of piperidine rings is 1. The lowest BCUT2D eigenvalue weighted by Crippen LogP contribution is -2.55. The molecule has 0 unspecified atom stereocenters. The van der Waals surface area contributed by atoms with Gasteiger partial charge in [0.2, 0.25) is 11.8 Å². The Hall–Kier alpha value is -2.57. The van der Waals surface area contributed by atoms with Gasteiger partial charge in [-0.3, -0.25) is 14.4 Å². The standard InChI is InChI=1S/C24H37N3O4/c1-6-17(4)25-24(30)22(26-23(29)19-7-9-20(31-5)10-8-19)18-11-13-27(14-12-18)21(28)15-16(2)3/h7-10,16-18,22H,6,11-15H2,1-5H3,(H,25,30)(H,26,29)/t17-,22-/m1/s1. The van der Waals surface area contributed by atoms with Crippen LogP contribution in [0.5, 0.6) is 5.75 Å². The number of hydrogen-bond acceptors (Lipinski definition) is 4. The van der Waals surface area contributed by atoms with Gasteiger partial charge in [0.25, 0.3) is 5.91 Å². The normalized spacial score (nSPS) is 16.5. The Kier molecular flexibility index (Phi) is 9.34. The molecule has 2 N–H and O–H groups in total. The van der Waals surface area contributed by atoms with Gasteiger partial charge in [-0.05, 0) is 62.3 Å². The molecule has 1 aromatic carbocycles. The van der Waals surface area contributed by atoms with E-state index in [2.05, 4.69) is 10.6 Å². The highest BCUT2D eigenvalue weighted by Gasteiger charge is 2.34. The number of nitrogens with zero attached hydrogens (tertiary/aromatic N) is 1. The summed E-state index contributed by atoms with van der Waals surface area (Å²) in [4.78, 5) is 40.1. The number of likely N-dealkylation sites (tertiary alicyclic amines) is 1. The summed E-state index contributed by atoms with van der Waals surface area (Å²) in [6, 6.07) is 6.21. The summed E-state index contributed by atoms with van der Waals surface area (Å²) in [6.45, 7) is 9.26. The van der Waals surface area contributed by atoms with Gasteiger partial charge < -0.3 is 20.3 Å². The fourth-order valence-corrected chi connectivity index (χ4v) is 3.76. The molecule has 0 saturated carbocycles. The van der Waals surface area contributed by atoms with Crippen molar-refractivity contribution < 1.29 is 19.1 Å². The van der Waals surface area contributed by atoms with Crippen molar-refractivity contribution >= 4 is 17.7 Å². The zero-order chi connectivity index (χ0) is 23.0. The van der Waals surface area contributed by atoms with Gasteiger partial charge in [0.1, 0.15) is 11.8 Å². The predicted octanol–water partition coefficient (Wildman–Crippen LogP) is 2.99. The molecule has 0 aliphatic carbocycles. The molecule has 1 aliphatic rings. The number of rotatable bonds is 9. The van der Waals surface area contributed by atoms with Crippen molar-refractivity contribution in [1.29, 1.82) is 0 Å². The van der Waals surface area contributed by atoms with Gasteiger partial charge >= 0.3 is 0 Å². The summed E-state index contributed by atoms with van der Waals surface area (Å²) in [5.74, 6) is 0.684. The summed E-state index contributed by atoms with van der Waals surface area (Å²) in [5, 5.41) is 5.96. The molecule has 2 rings (SSSR count). The highest BCUT2D eigenvalue weighted by Crippen LogP contribution is 2.23. The van der Waals surface area contributed by atoms with Gasteiger partial charge in [0.15, 0.2) is 0 Å². The minimum Gasteiger partial charge on any atom is -0.497 e. The Bertz CT molecular complexity index is 740. The smallest absolute Gasteiger partial charge is 0.251 e. The van der Waals surface area contributed by atoms with Crippen LogP contribution in [0, 0.1) is 11.8 Å². The monoisotopic (exact) mass is 431 g/mol. The van der Waals surface area contributed by atoms with Gasteiger partial charge in [0, 0.05) is 31.1 Å². The number of methoxy groups -OCH3 is 1. The molecule has 7 nitrogen and oxygen atoms in total. The van der Waals surface area contributed by atoms with Crippen molar-refractivity contribution in [3.63, 3.8) is 0 Å². The molecule has 0 bridgehead atoms. The number of ether oxygens (including phenoxy) is 1. The predicted molar refractivity (Wildman–Crippen MR) is 121 cm³/mol. The first-order chi connectivity index (χ1) is 14.7. The molecule has 1 aromatic rings. The maximum atomic E-state index is 13.0. The summed E-state index contributed by atoms with van der Waals surface area (Å²) in [6.07, 6.45) is 2.72. The lowest BCUT2D eigenvalue weighted by molar-refractivity contribution is -0.133. The van der Waals surface area contributed by atoms with Crippen LogP contribution in [-0.4, -0.2) is 54.9 Å². The molecule has 0 radical (unpaired) electrons. The topological polar surface area (TPSA) is 87.7 Å². The molecule has 0 spiro atoms. The summed E-state index contributed by atoms with van der Waals surface area (Å²) >= 11 is 0. The zero-order valence-electron chi connectivity index (χ0n) is 19.4. The molecule has 1 heterocycles. The molecule has 1 fully saturated rings. The van der Waals surface area contributed by atoms with Crippen LogP contribution in [0.2, 0.25) is 0 Å². The summed E-state index contributed by atoms with van der Waals surface area (Å²) in [7, 11) is 1.57. The van der Waals surface area contributed by atoms with Crippen molar-refractivity contribution in [2.75, 3.05) is 20.2 Å². The third-order valence-corrected chi connectivity index (χ3v) is 5.87. The molecule has 0 aromatic heterocycles. The van der Waals surface area contributed by atoms with Crippen molar-refractivity contribution in [2.45, 2.75) is 65.5 Å². The Morgan fingerprint density at radius 3 is 2.19 bits per heavy atom. The van der Waals surface area contributed by atoms with E-state index in [9.17, 15) is 14.4 Å².